The van der Waals surface area contributed by atoms with Gasteiger partial charge in [-0.1, -0.05) is 22.0 Å². The third-order valence-electron chi connectivity index (χ3n) is 1.77. The Labute approximate surface area is 100 Å². The fourth-order valence-electron chi connectivity index (χ4n) is 1.20. The van der Waals surface area contributed by atoms with E-state index in [4.69, 9.17) is 5.73 Å². The van der Waals surface area contributed by atoms with Gasteiger partial charge in [0.15, 0.2) is 0 Å². The van der Waals surface area contributed by atoms with Gasteiger partial charge in [0.2, 0.25) is 0 Å². The molecule has 0 amide bonds. The lowest BCUT2D eigenvalue weighted by molar-refractivity contribution is 1.03. The first-order valence-corrected chi connectivity index (χ1v) is 4.40. The summed E-state index contributed by atoms with van der Waals surface area (Å²) < 4.78 is 1.12. The van der Waals surface area contributed by atoms with Crippen LogP contribution in [0.4, 0.5) is 0 Å². The van der Waals surface area contributed by atoms with Crippen LogP contribution in [0.25, 0.3) is 0 Å². The van der Waals surface area contributed by atoms with Gasteiger partial charge in [-0.05, 0) is 36.6 Å². The van der Waals surface area contributed by atoms with E-state index >= 15 is 0 Å². The minimum absolute atomic E-state index is 0. The van der Waals surface area contributed by atoms with Crippen molar-refractivity contribution >= 4 is 40.7 Å². The van der Waals surface area contributed by atoms with Crippen molar-refractivity contribution in [3.05, 3.63) is 33.3 Å². The van der Waals surface area contributed by atoms with Crippen LogP contribution >= 0.6 is 40.7 Å². The fraction of sp³-hybridized carbons (Fsp3) is 0.333. The lowest BCUT2D eigenvalue weighted by atomic mass is 10.1. The van der Waals surface area contributed by atoms with Crippen molar-refractivity contribution in [3.63, 3.8) is 0 Å². The second kappa shape index (κ2) is 6.66. The minimum Gasteiger partial charge on any atom is -0.326 e. The van der Waals surface area contributed by atoms with Crippen LogP contribution in [0.15, 0.2) is 16.6 Å². The van der Waals surface area contributed by atoms with E-state index in [-0.39, 0.29) is 24.8 Å². The van der Waals surface area contributed by atoms with Crippen LogP contribution in [0.3, 0.4) is 0 Å². The number of rotatable bonds is 1. The number of benzene rings is 1. The Kier molecular flexibility index (Phi) is 8.04. The van der Waals surface area contributed by atoms with E-state index in [0.717, 1.165) is 4.47 Å². The molecule has 0 aliphatic rings. The first-order chi connectivity index (χ1) is 5.15. The summed E-state index contributed by atoms with van der Waals surface area (Å²) in [6.45, 7) is 4.77. The fourth-order valence-corrected chi connectivity index (χ4v) is 2.04. The van der Waals surface area contributed by atoms with Gasteiger partial charge >= 0.3 is 0 Å². The Morgan fingerprint density at radius 2 is 1.77 bits per heavy atom. The molecular weight excluding hydrogens is 273 g/mol. The molecule has 0 heterocycles. The molecule has 0 radical (unpaired) electrons. The van der Waals surface area contributed by atoms with E-state index in [1.807, 2.05) is 0 Å². The summed E-state index contributed by atoms with van der Waals surface area (Å²) in [5.74, 6) is 0. The van der Waals surface area contributed by atoms with Gasteiger partial charge < -0.3 is 5.73 Å². The summed E-state index contributed by atoms with van der Waals surface area (Å²) >= 11 is 3.48. The van der Waals surface area contributed by atoms with Crippen molar-refractivity contribution in [2.45, 2.75) is 20.4 Å². The number of nitrogens with two attached hydrogens (primary N) is 1. The smallest absolute Gasteiger partial charge is 0.0225 e. The monoisotopic (exact) mass is 285 g/mol. The van der Waals surface area contributed by atoms with Gasteiger partial charge in [0.05, 0.1) is 0 Å². The molecule has 2 N–H and O–H groups in total. The molecule has 0 aliphatic heterocycles. The highest BCUT2D eigenvalue weighted by atomic mass is 79.9. The Morgan fingerprint density at radius 3 is 2.15 bits per heavy atom. The normalized spacial score (nSPS) is 8.62. The molecule has 0 atom stereocenters. The third-order valence-corrected chi connectivity index (χ3v) is 2.47. The Bertz CT molecular complexity index is 253. The average Bonchev–Trinajstić information content (AvgIpc) is 1.85. The lowest BCUT2D eigenvalue weighted by Crippen LogP contribution is -2.00. The molecule has 1 nitrogen and oxygen atoms in total. The molecule has 0 saturated carbocycles. The van der Waals surface area contributed by atoms with Crippen LogP contribution in [0.2, 0.25) is 0 Å². The largest absolute Gasteiger partial charge is 0.326 e. The number of aryl methyl sites for hydroxylation is 2. The maximum atomic E-state index is 5.57. The minimum atomic E-state index is 0. The highest BCUT2D eigenvalue weighted by Crippen LogP contribution is 2.21. The molecule has 0 fully saturated rings. The van der Waals surface area contributed by atoms with E-state index in [9.17, 15) is 0 Å². The van der Waals surface area contributed by atoms with Gasteiger partial charge in [-0.3, -0.25) is 0 Å². The van der Waals surface area contributed by atoms with Crippen LogP contribution in [0, 0.1) is 13.8 Å². The van der Waals surface area contributed by atoms with Crippen LogP contribution < -0.4 is 5.73 Å². The van der Waals surface area contributed by atoms with Crippen LogP contribution in [0.5, 0.6) is 0 Å². The van der Waals surface area contributed by atoms with Gasteiger partial charge in [-0.2, -0.15) is 0 Å². The average molecular weight is 287 g/mol. The quantitative estimate of drug-likeness (QED) is 0.842. The predicted molar refractivity (Wildman–Crippen MR) is 66.0 cm³/mol. The van der Waals surface area contributed by atoms with E-state index in [1.54, 1.807) is 0 Å². The maximum Gasteiger partial charge on any atom is 0.0225 e. The predicted octanol–water partition coefficient (Wildman–Crippen LogP) is 3.37. The van der Waals surface area contributed by atoms with Crippen molar-refractivity contribution in [2.75, 3.05) is 0 Å². The number of hydrogen-bond acceptors (Lipinski definition) is 1. The van der Waals surface area contributed by atoms with E-state index in [0.29, 0.717) is 6.54 Å². The number of hydrogen-bond donors (Lipinski definition) is 1. The molecule has 13 heavy (non-hydrogen) atoms. The van der Waals surface area contributed by atoms with Crippen molar-refractivity contribution in [2.24, 2.45) is 5.73 Å². The molecule has 0 aliphatic carbocycles. The Morgan fingerprint density at radius 1 is 1.23 bits per heavy atom. The SMILES string of the molecule is Cc1cc(C)c(CN)c(Br)c1.Cl.Cl. The van der Waals surface area contributed by atoms with Gasteiger partial charge in [0, 0.05) is 11.0 Å². The maximum absolute atomic E-state index is 5.57. The summed E-state index contributed by atoms with van der Waals surface area (Å²) in [6.07, 6.45) is 0. The zero-order valence-corrected chi connectivity index (χ0v) is 10.9. The molecule has 1 aromatic rings. The Hall–Kier alpha value is 0.240. The molecular formula is C9H14BrCl2N. The molecule has 0 bridgehead atoms. The van der Waals surface area contributed by atoms with E-state index in [1.165, 1.54) is 16.7 Å². The zero-order chi connectivity index (χ0) is 8.43. The van der Waals surface area contributed by atoms with Crippen LogP contribution in [-0.2, 0) is 6.54 Å². The summed E-state index contributed by atoms with van der Waals surface area (Å²) in [4.78, 5) is 0. The highest BCUT2D eigenvalue weighted by Gasteiger charge is 2.01. The molecule has 0 saturated heterocycles. The standard InChI is InChI=1S/C9H12BrN.2ClH/c1-6-3-7(2)8(5-11)9(10)4-6;;/h3-4H,5,11H2,1-2H3;2*1H. The molecule has 76 valence electrons. The zero-order valence-electron chi connectivity index (χ0n) is 7.63. The van der Waals surface area contributed by atoms with Crippen molar-refractivity contribution in [1.82, 2.24) is 0 Å². The van der Waals surface area contributed by atoms with Crippen molar-refractivity contribution in [1.29, 1.82) is 0 Å². The molecule has 4 heteroatoms. The summed E-state index contributed by atoms with van der Waals surface area (Å²) in [6, 6.07) is 4.24. The first-order valence-electron chi connectivity index (χ1n) is 3.61. The van der Waals surface area contributed by atoms with Gasteiger partial charge in [-0.25, -0.2) is 0 Å². The van der Waals surface area contributed by atoms with E-state index < -0.39 is 0 Å². The molecule has 1 aromatic carbocycles. The topological polar surface area (TPSA) is 26.0 Å². The van der Waals surface area contributed by atoms with Crippen LogP contribution in [-0.4, -0.2) is 0 Å². The molecule has 1 rings (SSSR count). The Balaban J connectivity index is 0. The lowest BCUT2D eigenvalue weighted by Gasteiger charge is -2.06. The summed E-state index contributed by atoms with van der Waals surface area (Å²) in [7, 11) is 0. The molecule has 0 unspecified atom stereocenters. The molecule has 0 spiro atoms. The van der Waals surface area contributed by atoms with Crippen molar-refractivity contribution < 1.29 is 0 Å². The second-order valence-electron chi connectivity index (χ2n) is 2.75. The summed E-state index contributed by atoms with van der Waals surface area (Å²) in [5.41, 5.74) is 9.31. The number of halogens is 3. The first kappa shape index (κ1) is 15.7. The van der Waals surface area contributed by atoms with E-state index in [2.05, 4.69) is 41.9 Å². The van der Waals surface area contributed by atoms with Gasteiger partial charge in [0.1, 0.15) is 0 Å². The van der Waals surface area contributed by atoms with Gasteiger partial charge in [0.25, 0.3) is 0 Å². The third kappa shape index (κ3) is 3.86. The second-order valence-corrected chi connectivity index (χ2v) is 3.60. The highest BCUT2D eigenvalue weighted by molar-refractivity contribution is 9.10. The molecule has 0 aromatic heterocycles. The van der Waals surface area contributed by atoms with Gasteiger partial charge in [-0.15, -0.1) is 24.8 Å². The van der Waals surface area contributed by atoms with Crippen molar-refractivity contribution in [3.8, 4) is 0 Å². The summed E-state index contributed by atoms with van der Waals surface area (Å²) in [5, 5.41) is 0. The van der Waals surface area contributed by atoms with Crippen LogP contribution in [0.1, 0.15) is 16.7 Å².